The largest absolute Gasteiger partial charge is 0.356 e. The number of anilines is 1. The molecule has 0 saturated carbocycles. The van der Waals surface area contributed by atoms with E-state index in [4.69, 9.17) is 0 Å². The average molecular weight is 405 g/mol. The Morgan fingerprint density at radius 3 is 2.60 bits per heavy atom. The standard InChI is InChI=1S/C21H17F2N7/c1-2-24-21-27-16-10-26-19(17-11-25-18-8-3-4-9-29(17)18)28-20(16)30(21)12-13-14(22)6-5-7-15(13)23/h3-11H,2,12H2,1H3,(H,24,27). The quantitative estimate of drug-likeness (QED) is 0.480. The lowest BCUT2D eigenvalue weighted by Gasteiger charge is -2.11. The van der Waals surface area contributed by atoms with Crippen LogP contribution in [0.25, 0.3) is 28.3 Å². The van der Waals surface area contributed by atoms with Crippen molar-refractivity contribution in [3.05, 3.63) is 72.2 Å². The molecule has 30 heavy (non-hydrogen) atoms. The summed E-state index contributed by atoms with van der Waals surface area (Å²) >= 11 is 0. The monoisotopic (exact) mass is 405 g/mol. The smallest absolute Gasteiger partial charge is 0.205 e. The minimum atomic E-state index is -0.615. The highest BCUT2D eigenvalue weighted by Crippen LogP contribution is 2.24. The second kappa shape index (κ2) is 7.18. The second-order valence-electron chi connectivity index (χ2n) is 6.73. The molecule has 0 spiro atoms. The Kier molecular flexibility index (Phi) is 4.35. The molecule has 4 aromatic heterocycles. The Labute approximate surface area is 170 Å². The lowest BCUT2D eigenvalue weighted by Crippen LogP contribution is -2.11. The lowest BCUT2D eigenvalue weighted by atomic mass is 10.2. The number of pyridine rings is 1. The number of fused-ring (bicyclic) bond motifs is 2. The number of imidazole rings is 2. The summed E-state index contributed by atoms with van der Waals surface area (Å²) < 4.78 is 32.1. The third-order valence-electron chi connectivity index (χ3n) is 4.85. The Hall–Kier alpha value is -3.88. The number of nitrogens with zero attached hydrogens (tertiary/aromatic N) is 6. The van der Waals surface area contributed by atoms with Crippen molar-refractivity contribution in [3.8, 4) is 11.5 Å². The second-order valence-corrected chi connectivity index (χ2v) is 6.73. The molecule has 0 atom stereocenters. The molecule has 1 aromatic carbocycles. The molecule has 150 valence electrons. The number of rotatable bonds is 5. The van der Waals surface area contributed by atoms with E-state index < -0.39 is 11.6 Å². The van der Waals surface area contributed by atoms with Crippen molar-refractivity contribution in [1.29, 1.82) is 0 Å². The zero-order chi connectivity index (χ0) is 20.7. The first kappa shape index (κ1) is 18.2. The molecular weight excluding hydrogens is 388 g/mol. The fourth-order valence-electron chi connectivity index (χ4n) is 3.42. The molecule has 1 N–H and O–H groups in total. The fraction of sp³-hybridized carbons (Fsp3) is 0.143. The SMILES string of the molecule is CCNc1nc2cnc(-c3cnc4ccccn34)nc2n1Cc1c(F)cccc1F. The maximum Gasteiger partial charge on any atom is 0.205 e. The van der Waals surface area contributed by atoms with Gasteiger partial charge in [0.1, 0.15) is 28.5 Å². The van der Waals surface area contributed by atoms with Crippen LogP contribution in [0.4, 0.5) is 14.7 Å². The van der Waals surface area contributed by atoms with Crippen LogP contribution in [0.3, 0.4) is 0 Å². The summed E-state index contributed by atoms with van der Waals surface area (Å²) in [5.41, 5.74) is 2.43. The fourth-order valence-corrected chi connectivity index (χ4v) is 3.42. The van der Waals surface area contributed by atoms with Gasteiger partial charge in [-0.25, -0.2) is 28.7 Å². The van der Waals surface area contributed by atoms with E-state index in [1.54, 1.807) is 17.0 Å². The summed E-state index contributed by atoms with van der Waals surface area (Å²) in [4.78, 5) is 18.0. The van der Waals surface area contributed by atoms with Crippen LogP contribution < -0.4 is 5.32 Å². The van der Waals surface area contributed by atoms with Gasteiger partial charge in [-0.05, 0) is 31.2 Å². The highest BCUT2D eigenvalue weighted by Gasteiger charge is 2.18. The number of hydrogen-bond acceptors (Lipinski definition) is 5. The molecule has 0 saturated heterocycles. The van der Waals surface area contributed by atoms with Crippen molar-refractivity contribution in [1.82, 2.24) is 28.9 Å². The molecule has 5 aromatic rings. The minimum absolute atomic E-state index is 0.0501. The Balaban J connectivity index is 1.68. The summed E-state index contributed by atoms with van der Waals surface area (Å²) in [6.45, 7) is 2.46. The molecule has 0 unspecified atom stereocenters. The van der Waals surface area contributed by atoms with Crippen LogP contribution in [0.2, 0.25) is 0 Å². The van der Waals surface area contributed by atoms with Crippen molar-refractivity contribution in [2.45, 2.75) is 13.5 Å². The third kappa shape index (κ3) is 2.95. The van der Waals surface area contributed by atoms with E-state index in [9.17, 15) is 8.78 Å². The first-order valence-electron chi connectivity index (χ1n) is 9.48. The van der Waals surface area contributed by atoms with Crippen LogP contribution in [0, 0.1) is 11.6 Å². The van der Waals surface area contributed by atoms with Gasteiger partial charge >= 0.3 is 0 Å². The number of nitrogens with one attached hydrogen (secondary N) is 1. The van der Waals surface area contributed by atoms with Gasteiger partial charge in [-0.15, -0.1) is 0 Å². The number of benzene rings is 1. The highest BCUT2D eigenvalue weighted by molar-refractivity contribution is 5.76. The van der Waals surface area contributed by atoms with Crippen molar-refractivity contribution >= 4 is 22.8 Å². The Morgan fingerprint density at radius 2 is 1.80 bits per heavy atom. The molecule has 0 aliphatic carbocycles. The van der Waals surface area contributed by atoms with Crippen LogP contribution >= 0.6 is 0 Å². The molecule has 4 heterocycles. The van der Waals surface area contributed by atoms with E-state index in [1.165, 1.54) is 18.2 Å². The van der Waals surface area contributed by atoms with Gasteiger partial charge in [0.15, 0.2) is 11.5 Å². The van der Waals surface area contributed by atoms with Crippen LogP contribution in [0.1, 0.15) is 12.5 Å². The van der Waals surface area contributed by atoms with Crippen molar-refractivity contribution in [2.24, 2.45) is 0 Å². The number of halogens is 2. The van der Waals surface area contributed by atoms with Crippen molar-refractivity contribution < 1.29 is 8.78 Å². The van der Waals surface area contributed by atoms with E-state index in [0.29, 0.717) is 35.2 Å². The van der Waals surface area contributed by atoms with Gasteiger partial charge in [-0.3, -0.25) is 8.97 Å². The Morgan fingerprint density at radius 1 is 0.967 bits per heavy atom. The summed E-state index contributed by atoms with van der Waals surface area (Å²) in [7, 11) is 0. The summed E-state index contributed by atoms with van der Waals surface area (Å²) in [5.74, 6) is -0.315. The van der Waals surface area contributed by atoms with Crippen LogP contribution in [-0.2, 0) is 6.54 Å². The van der Waals surface area contributed by atoms with Gasteiger partial charge in [0, 0.05) is 18.3 Å². The third-order valence-corrected chi connectivity index (χ3v) is 4.85. The van der Waals surface area contributed by atoms with Gasteiger partial charge in [0.25, 0.3) is 0 Å². The summed E-state index contributed by atoms with van der Waals surface area (Å²) in [6.07, 6.45) is 5.18. The Bertz CT molecular complexity index is 1350. The van der Waals surface area contributed by atoms with Crippen molar-refractivity contribution in [2.75, 3.05) is 11.9 Å². The molecule has 0 bridgehead atoms. The van der Waals surface area contributed by atoms with Crippen LogP contribution in [0.15, 0.2) is 55.0 Å². The normalized spacial score (nSPS) is 11.4. The maximum atomic E-state index is 14.3. The van der Waals surface area contributed by atoms with Gasteiger partial charge in [-0.1, -0.05) is 12.1 Å². The molecule has 0 amide bonds. The lowest BCUT2D eigenvalue weighted by molar-refractivity contribution is 0.547. The maximum absolute atomic E-state index is 14.3. The molecule has 0 radical (unpaired) electrons. The summed E-state index contributed by atoms with van der Waals surface area (Å²) in [6, 6.07) is 9.50. The highest BCUT2D eigenvalue weighted by atomic mass is 19.1. The van der Waals surface area contributed by atoms with Gasteiger partial charge in [0.05, 0.1) is 18.9 Å². The van der Waals surface area contributed by atoms with E-state index in [1.807, 2.05) is 35.7 Å². The zero-order valence-electron chi connectivity index (χ0n) is 16.0. The molecular formula is C21H17F2N7. The molecule has 7 nitrogen and oxygen atoms in total. The first-order valence-corrected chi connectivity index (χ1v) is 9.48. The molecule has 0 aliphatic heterocycles. The molecule has 5 rings (SSSR count). The topological polar surface area (TPSA) is 72.9 Å². The van der Waals surface area contributed by atoms with Gasteiger partial charge in [-0.2, -0.15) is 0 Å². The average Bonchev–Trinajstić information content (AvgIpc) is 3.32. The van der Waals surface area contributed by atoms with Crippen LogP contribution in [-0.4, -0.2) is 35.4 Å². The van der Waals surface area contributed by atoms with Crippen molar-refractivity contribution in [3.63, 3.8) is 0 Å². The summed E-state index contributed by atoms with van der Waals surface area (Å²) in [5, 5.41) is 3.13. The van der Waals surface area contributed by atoms with Gasteiger partial charge < -0.3 is 5.32 Å². The first-order chi connectivity index (χ1) is 14.7. The molecule has 0 fully saturated rings. The number of hydrogen-bond donors (Lipinski definition) is 1. The van der Waals surface area contributed by atoms with E-state index in [-0.39, 0.29) is 12.1 Å². The zero-order valence-corrected chi connectivity index (χ0v) is 16.0. The minimum Gasteiger partial charge on any atom is -0.356 e. The van der Waals surface area contributed by atoms with E-state index >= 15 is 0 Å². The predicted molar refractivity (Wildman–Crippen MR) is 109 cm³/mol. The van der Waals surface area contributed by atoms with E-state index in [2.05, 4.69) is 25.3 Å². The van der Waals surface area contributed by atoms with E-state index in [0.717, 1.165) is 5.65 Å². The van der Waals surface area contributed by atoms with Crippen LogP contribution in [0.5, 0.6) is 0 Å². The molecule has 0 aliphatic rings. The van der Waals surface area contributed by atoms with Gasteiger partial charge in [0.2, 0.25) is 5.95 Å². The molecule has 9 heteroatoms. The predicted octanol–water partition coefficient (Wildman–Crippen LogP) is 3.90. The number of aromatic nitrogens is 6.